The van der Waals surface area contributed by atoms with Crippen LogP contribution in [0, 0.1) is 18.7 Å². The molecule has 1 N–H and O–H groups in total. The van der Waals surface area contributed by atoms with E-state index in [2.05, 4.69) is 10.3 Å². The first-order chi connectivity index (χ1) is 14.3. The molecule has 0 aliphatic heterocycles. The van der Waals surface area contributed by atoms with Crippen LogP contribution in [0.2, 0.25) is 0 Å². The van der Waals surface area contributed by atoms with E-state index in [1.807, 2.05) is 32.9 Å². The summed E-state index contributed by atoms with van der Waals surface area (Å²) in [5, 5.41) is 2.73. The van der Waals surface area contributed by atoms with E-state index in [0.717, 1.165) is 5.56 Å². The van der Waals surface area contributed by atoms with Gasteiger partial charge in [0.15, 0.2) is 0 Å². The van der Waals surface area contributed by atoms with Gasteiger partial charge in [0.2, 0.25) is 5.89 Å². The van der Waals surface area contributed by atoms with Crippen molar-refractivity contribution in [1.29, 1.82) is 0 Å². The van der Waals surface area contributed by atoms with Crippen LogP contribution in [0.15, 0.2) is 59.2 Å². The van der Waals surface area contributed by atoms with Crippen molar-refractivity contribution in [1.82, 2.24) is 10.3 Å². The summed E-state index contributed by atoms with van der Waals surface area (Å²) in [6.07, 6.45) is 1.38. The molecule has 156 valence electrons. The maximum Gasteiger partial charge on any atom is 0.329 e. The number of nitrogens with zero attached hydrogens (tertiary/aromatic N) is 1. The van der Waals surface area contributed by atoms with Gasteiger partial charge >= 0.3 is 5.97 Å². The SMILES string of the molecule is Cc1ccc(C(=O)N[C@H](C(=O)OCc2coc(-c3ccc(F)cc3)n2)C(C)C)cc1. The van der Waals surface area contributed by atoms with E-state index in [9.17, 15) is 14.0 Å². The van der Waals surface area contributed by atoms with Gasteiger partial charge in [0.05, 0.1) is 0 Å². The number of esters is 1. The number of rotatable bonds is 7. The van der Waals surface area contributed by atoms with Gasteiger partial charge in [-0.25, -0.2) is 14.2 Å². The van der Waals surface area contributed by atoms with Crippen LogP contribution in [-0.4, -0.2) is 22.9 Å². The van der Waals surface area contributed by atoms with E-state index in [0.29, 0.717) is 22.7 Å². The molecule has 0 aliphatic carbocycles. The lowest BCUT2D eigenvalue weighted by Gasteiger charge is -2.20. The molecule has 30 heavy (non-hydrogen) atoms. The molecule has 0 saturated heterocycles. The molecular weight excluding hydrogens is 387 g/mol. The first-order valence-electron chi connectivity index (χ1n) is 9.58. The lowest BCUT2D eigenvalue weighted by atomic mass is 10.0. The molecule has 0 bridgehead atoms. The van der Waals surface area contributed by atoms with Gasteiger partial charge in [-0.2, -0.15) is 0 Å². The maximum absolute atomic E-state index is 13.0. The Labute approximate surface area is 174 Å². The minimum absolute atomic E-state index is 0.104. The molecule has 1 heterocycles. The minimum atomic E-state index is -0.803. The second kappa shape index (κ2) is 9.35. The van der Waals surface area contributed by atoms with Crippen molar-refractivity contribution in [2.75, 3.05) is 0 Å². The molecule has 7 heteroatoms. The van der Waals surface area contributed by atoms with Crippen LogP contribution in [0.3, 0.4) is 0 Å². The number of oxazole rings is 1. The van der Waals surface area contributed by atoms with Gasteiger partial charge in [-0.3, -0.25) is 4.79 Å². The summed E-state index contributed by atoms with van der Waals surface area (Å²) in [6.45, 7) is 5.47. The summed E-state index contributed by atoms with van der Waals surface area (Å²) < 4.78 is 23.7. The van der Waals surface area contributed by atoms with E-state index < -0.39 is 12.0 Å². The van der Waals surface area contributed by atoms with E-state index in [1.165, 1.54) is 18.4 Å². The van der Waals surface area contributed by atoms with Gasteiger partial charge in [0.1, 0.15) is 30.4 Å². The van der Waals surface area contributed by atoms with Crippen molar-refractivity contribution in [2.24, 2.45) is 5.92 Å². The number of carbonyl (C=O) groups is 2. The smallest absolute Gasteiger partial charge is 0.329 e. The standard InChI is InChI=1S/C23H23FN2O4/c1-14(2)20(26-21(27)16-6-4-15(3)5-7-16)23(28)30-13-19-12-29-22(25-19)17-8-10-18(24)11-9-17/h4-12,14,20H,13H2,1-3H3,(H,26,27)/t20-/m0/s1. The van der Waals surface area contributed by atoms with Crippen molar-refractivity contribution in [3.63, 3.8) is 0 Å². The summed E-state index contributed by atoms with van der Waals surface area (Å²) in [4.78, 5) is 29.3. The second-order valence-electron chi connectivity index (χ2n) is 7.32. The van der Waals surface area contributed by atoms with Crippen LogP contribution in [0.1, 0.15) is 35.5 Å². The number of amides is 1. The third-order valence-electron chi connectivity index (χ3n) is 4.53. The van der Waals surface area contributed by atoms with Crippen LogP contribution >= 0.6 is 0 Å². The van der Waals surface area contributed by atoms with E-state index in [1.54, 1.807) is 24.3 Å². The number of benzene rings is 2. The number of nitrogens with one attached hydrogen (secondary N) is 1. The summed E-state index contributed by atoms with van der Waals surface area (Å²) in [5.41, 5.74) is 2.54. The van der Waals surface area contributed by atoms with E-state index in [4.69, 9.17) is 9.15 Å². The number of aryl methyl sites for hydroxylation is 1. The summed E-state index contributed by atoms with van der Waals surface area (Å²) in [6, 6.07) is 12.0. The summed E-state index contributed by atoms with van der Waals surface area (Å²) in [7, 11) is 0. The Morgan fingerprint density at radius 1 is 1.10 bits per heavy atom. The first kappa shape index (κ1) is 21.2. The molecule has 0 unspecified atom stereocenters. The normalized spacial score (nSPS) is 11.9. The van der Waals surface area contributed by atoms with Gasteiger partial charge in [0, 0.05) is 11.1 Å². The minimum Gasteiger partial charge on any atom is -0.458 e. The molecule has 0 spiro atoms. The van der Waals surface area contributed by atoms with Crippen LogP contribution in [0.4, 0.5) is 4.39 Å². The topological polar surface area (TPSA) is 81.4 Å². The number of halogens is 1. The Morgan fingerprint density at radius 2 is 1.77 bits per heavy atom. The van der Waals surface area contributed by atoms with Crippen molar-refractivity contribution < 1.29 is 23.1 Å². The Balaban J connectivity index is 1.61. The summed E-state index contributed by atoms with van der Waals surface area (Å²) >= 11 is 0. The van der Waals surface area contributed by atoms with Crippen LogP contribution in [0.25, 0.3) is 11.5 Å². The van der Waals surface area contributed by atoms with Gasteiger partial charge in [-0.1, -0.05) is 31.5 Å². The molecule has 0 aliphatic rings. The Kier molecular flexibility index (Phi) is 6.61. The molecule has 6 nitrogen and oxygen atoms in total. The van der Waals surface area contributed by atoms with Gasteiger partial charge in [0.25, 0.3) is 5.91 Å². The monoisotopic (exact) mass is 410 g/mol. The summed E-state index contributed by atoms with van der Waals surface area (Å²) in [5.74, 6) is -1.12. The molecule has 0 saturated carbocycles. The zero-order chi connectivity index (χ0) is 21.7. The lowest BCUT2D eigenvalue weighted by Crippen LogP contribution is -2.45. The van der Waals surface area contributed by atoms with Gasteiger partial charge in [-0.15, -0.1) is 0 Å². The number of hydrogen-bond donors (Lipinski definition) is 1. The highest BCUT2D eigenvalue weighted by Gasteiger charge is 2.26. The van der Waals surface area contributed by atoms with E-state index >= 15 is 0 Å². The quantitative estimate of drug-likeness (QED) is 0.588. The Morgan fingerprint density at radius 3 is 2.40 bits per heavy atom. The van der Waals surface area contributed by atoms with Crippen molar-refractivity contribution >= 4 is 11.9 Å². The average Bonchev–Trinajstić information content (AvgIpc) is 3.20. The number of carbonyl (C=O) groups excluding carboxylic acids is 2. The lowest BCUT2D eigenvalue weighted by molar-refractivity contribution is -0.148. The highest BCUT2D eigenvalue weighted by Crippen LogP contribution is 2.19. The maximum atomic E-state index is 13.0. The van der Waals surface area contributed by atoms with Gasteiger partial charge in [-0.05, 0) is 49.2 Å². The van der Waals surface area contributed by atoms with Crippen molar-refractivity contribution in [2.45, 2.75) is 33.4 Å². The molecule has 1 amide bonds. The molecule has 2 aromatic carbocycles. The van der Waals surface area contributed by atoms with E-state index in [-0.39, 0.29) is 24.2 Å². The zero-order valence-electron chi connectivity index (χ0n) is 17.0. The fourth-order valence-electron chi connectivity index (χ4n) is 2.76. The largest absolute Gasteiger partial charge is 0.458 e. The zero-order valence-corrected chi connectivity index (χ0v) is 17.0. The average molecular weight is 410 g/mol. The van der Waals surface area contributed by atoms with Gasteiger partial charge < -0.3 is 14.5 Å². The molecule has 3 rings (SSSR count). The number of ether oxygens (including phenoxy) is 1. The fourth-order valence-corrected chi connectivity index (χ4v) is 2.76. The Hall–Kier alpha value is -3.48. The van der Waals surface area contributed by atoms with Crippen molar-refractivity contribution in [3.05, 3.63) is 77.4 Å². The predicted molar refractivity (Wildman–Crippen MR) is 109 cm³/mol. The third kappa shape index (κ3) is 5.31. The number of hydrogen-bond acceptors (Lipinski definition) is 5. The molecule has 0 radical (unpaired) electrons. The van der Waals surface area contributed by atoms with Crippen LogP contribution in [0.5, 0.6) is 0 Å². The fraction of sp³-hybridized carbons (Fsp3) is 0.261. The number of aromatic nitrogens is 1. The van der Waals surface area contributed by atoms with Crippen LogP contribution in [-0.2, 0) is 16.1 Å². The first-order valence-corrected chi connectivity index (χ1v) is 9.58. The molecule has 0 fully saturated rings. The molecule has 1 atom stereocenters. The highest BCUT2D eigenvalue weighted by molar-refractivity contribution is 5.96. The molecule has 1 aromatic heterocycles. The van der Waals surface area contributed by atoms with Crippen molar-refractivity contribution in [3.8, 4) is 11.5 Å². The highest BCUT2D eigenvalue weighted by atomic mass is 19.1. The Bertz CT molecular complexity index is 1010. The molecule has 3 aromatic rings. The predicted octanol–water partition coefficient (Wildman–Crippen LogP) is 4.29. The van der Waals surface area contributed by atoms with Crippen LogP contribution < -0.4 is 5.32 Å². The molecular formula is C23H23FN2O4. The third-order valence-corrected chi connectivity index (χ3v) is 4.53. The second-order valence-corrected chi connectivity index (χ2v) is 7.32.